The summed E-state index contributed by atoms with van der Waals surface area (Å²) in [4.78, 5) is 3.89. The average Bonchev–Trinajstić information content (AvgIpc) is 3.18. The fourth-order valence-electron chi connectivity index (χ4n) is 3.92. The first-order valence-corrected chi connectivity index (χ1v) is 9.91. The molecule has 0 aliphatic heterocycles. The molecule has 1 aliphatic rings. The van der Waals surface area contributed by atoms with Crippen LogP contribution in [0.2, 0.25) is 0 Å². The highest BCUT2D eigenvalue weighted by Gasteiger charge is 2.20. The summed E-state index contributed by atoms with van der Waals surface area (Å²) in [6.45, 7) is 4.46. The van der Waals surface area contributed by atoms with Crippen LogP contribution in [0.1, 0.15) is 42.9 Å². The van der Waals surface area contributed by atoms with E-state index in [2.05, 4.69) is 80.6 Å². The lowest BCUT2D eigenvalue weighted by molar-refractivity contribution is 0.733. The Balaban J connectivity index is 1.62. The fraction of sp³-hybridized carbons (Fsp3) is 0.240. The Bertz CT molecular complexity index is 1060. The molecular formula is C25H27N3. The number of nitrogens with zero attached hydrogens (tertiary/aromatic N) is 2. The van der Waals surface area contributed by atoms with Gasteiger partial charge in [-0.3, -0.25) is 5.41 Å². The fourth-order valence-corrected chi connectivity index (χ4v) is 3.92. The molecule has 1 N–H and O–H groups in total. The minimum atomic E-state index is 0.449. The molecule has 0 spiro atoms. The van der Waals surface area contributed by atoms with Crippen molar-refractivity contribution in [3.05, 3.63) is 71.3 Å². The Labute approximate surface area is 167 Å². The molecule has 0 aromatic heterocycles. The van der Waals surface area contributed by atoms with Crippen molar-refractivity contribution in [2.75, 3.05) is 23.9 Å². The van der Waals surface area contributed by atoms with E-state index >= 15 is 0 Å². The molecule has 0 saturated heterocycles. The van der Waals surface area contributed by atoms with Crippen LogP contribution < -0.4 is 9.80 Å². The van der Waals surface area contributed by atoms with E-state index in [1.165, 1.54) is 27.5 Å². The minimum absolute atomic E-state index is 0.449. The quantitative estimate of drug-likeness (QED) is 0.336. The van der Waals surface area contributed by atoms with E-state index in [1.807, 2.05) is 23.9 Å². The van der Waals surface area contributed by atoms with E-state index in [1.54, 1.807) is 0 Å². The number of nitrogens with one attached hydrogen (secondary N) is 1. The van der Waals surface area contributed by atoms with Gasteiger partial charge in [-0.25, -0.2) is 0 Å². The van der Waals surface area contributed by atoms with Crippen molar-refractivity contribution >= 4 is 40.3 Å². The number of anilines is 2. The Hall–Kier alpha value is -3.07. The van der Waals surface area contributed by atoms with Crippen molar-refractivity contribution in [3.63, 3.8) is 0 Å². The summed E-state index contributed by atoms with van der Waals surface area (Å²) in [5.74, 6) is 1.01. The Morgan fingerprint density at radius 2 is 1.68 bits per heavy atom. The molecule has 3 aromatic carbocycles. The summed E-state index contributed by atoms with van der Waals surface area (Å²) in [5, 5.41) is 11.3. The molecule has 4 rings (SSSR count). The molecule has 3 aromatic rings. The van der Waals surface area contributed by atoms with Crippen LogP contribution in [0.3, 0.4) is 0 Å². The topological polar surface area (TPSA) is 30.3 Å². The third-order valence-corrected chi connectivity index (χ3v) is 5.98. The van der Waals surface area contributed by atoms with Gasteiger partial charge in [0.05, 0.1) is 5.69 Å². The van der Waals surface area contributed by atoms with E-state index in [-0.39, 0.29) is 0 Å². The first kappa shape index (κ1) is 18.3. The van der Waals surface area contributed by atoms with Crippen LogP contribution in [0.5, 0.6) is 0 Å². The molecule has 0 bridgehead atoms. The van der Waals surface area contributed by atoms with E-state index in [9.17, 15) is 0 Å². The van der Waals surface area contributed by atoms with Crippen molar-refractivity contribution in [2.24, 2.45) is 0 Å². The zero-order valence-corrected chi connectivity index (χ0v) is 17.0. The summed E-state index contributed by atoms with van der Waals surface area (Å²) < 4.78 is 0. The van der Waals surface area contributed by atoms with Crippen molar-refractivity contribution in [1.29, 1.82) is 5.41 Å². The van der Waals surface area contributed by atoms with E-state index in [0.29, 0.717) is 11.9 Å². The summed E-state index contributed by atoms with van der Waals surface area (Å²) in [6, 6.07) is 19.2. The molecule has 1 atom stereocenters. The molecule has 0 radical (unpaired) electrons. The SMILES string of the molecule is CCC(C)c1ccc(N(C)C(=N)N(C)c2ccc3cccc4c3c2C=C4)cc1. The summed E-state index contributed by atoms with van der Waals surface area (Å²) in [5.41, 5.74) is 5.88. The largest absolute Gasteiger partial charge is 0.316 e. The molecule has 142 valence electrons. The standard InChI is InChI=1S/C25H27N3/c1-5-17(2)18-9-13-21(14-10-18)27(3)25(26)28(4)23-16-12-20-8-6-7-19-11-15-22(23)24(19)20/h6-17,26H,5H2,1-4H3. The number of benzene rings is 3. The number of guanidine groups is 1. The summed E-state index contributed by atoms with van der Waals surface area (Å²) in [7, 11) is 3.93. The van der Waals surface area contributed by atoms with E-state index in [4.69, 9.17) is 5.41 Å². The van der Waals surface area contributed by atoms with Gasteiger partial charge in [-0.05, 0) is 52.4 Å². The monoisotopic (exact) mass is 369 g/mol. The Kier molecular flexibility index (Phi) is 4.68. The molecule has 1 aliphatic carbocycles. The highest BCUT2D eigenvalue weighted by Crippen LogP contribution is 2.37. The predicted octanol–water partition coefficient (Wildman–Crippen LogP) is 6.34. The number of hydrogen-bond donors (Lipinski definition) is 1. The molecule has 0 heterocycles. The van der Waals surface area contributed by atoms with E-state index < -0.39 is 0 Å². The lowest BCUT2D eigenvalue weighted by Crippen LogP contribution is -2.40. The number of rotatable bonds is 4. The van der Waals surface area contributed by atoms with Crippen LogP contribution in [0, 0.1) is 5.41 Å². The van der Waals surface area contributed by atoms with Crippen LogP contribution >= 0.6 is 0 Å². The molecular weight excluding hydrogens is 342 g/mol. The first-order chi connectivity index (χ1) is 13.5. The van der Waals surface area contributed by atoms with Crippen molar-refractivity contribution < 1.29 is 0 Å². The lowest BCUT2D eigenvalue weighted by atomic mass is 9.98. The highest BCUT2D eigenvalue weighted by molar-refractivity contribution is 6.12. The van der Waals surface area contributed by atoms with Crippen LogP contribution in [-0.2, 0) is 0 Å². The van der Waals surface area contributed by atoms with Gasteiger partial charge in [-0.1, -0.05) is 62.4 Å². The van der Waals surface area contributed by atoms with Gasteiger partial charge in [0.25, 0.3) is 0 Å². The van der Waals surface area contributed by atoms with Crippen LogP contribution in [0.15, 0.2) is 54.6 Å². The van der Waals surface area contributed by atoms with Gasteiger partial charge in [-0.2, -0.15) is 0 Å². The van der Waals surface area contributed by atoms with Crippen LogP contribution in [-0.4, -0.2) is 20.1 Å². The van der Waals surface area contributed by atoms with Gasteiger partial charge in [0, 0.05) is 25.3 Å². The molecule has 3 heteroatoms. The van der Waals surface area contributed by atoms with Gasteiger partial charge >= 0.3 is 0 Å². The second kappa shape index (κ2) is 7.16. The summed E-state index contributed by atoms with van der Waals surface area (Å²) >= 11 is 0. The molecule has 0 saturated carbocycles. The normalized spacial score (nSPS) is 13.0. The van der Waals surface area contributed by atoms with Gasteiger partial charge in [0.15, 0.2) is 0 Å². The van der Waals surface area contributed by atoms with Crippen LogP contribution in [0.25, 0.3) is 22.9 Å². The molecule has 0 fully saturated rings. The molecule has 3 nitrogen and oxygen atoms in total. The number of hydrogen-bond acceptors (Lipinski definition) is 1. The van der Waals surface area contributed by atoms with Gasteiger partial charge in [-0.15, -0.1) is 0 Å². The first-order valence-electron chi connectivity index (χ1n) is 9.91. The minimum Gasteiger partial charge on any atom is -0.316 e. The zero-order chi connectivity index (χ0) is 19.8. The molecule has 0 amide bonds. The smallest absolute Gasteiger partial charge is 0.202 e. The molecule has 1 unspecified atom stereocenters. The second-order valence-electron chi connectivity index (χ2n) is 7.62. The van der Waals surface area contributed by atoms with Crippen molar-refractivity contribution in [1.82, 2.24) is 0 Å². The maximum Gasteiger partial charge on any atom is 0.202 e. The maximum atomic E-state index is 8.77. The van der Waals surface area contributed by atoms with Gasteiger partial charge < -0.3 is 9.80 Å². The summed E-state index contributed by atoms with van der Waals surface area (Å²) in [6.07, 6.45) is 5.46. The van der Waals surface area contributed by atoms with Crippen molar-refractivity contribution in [2.45, 2.75) is 26.2 Å². The highest BCUT2D eigenvalue weighted by atomic mass is 15.3. The van der Waals surface area contributed by atoms with Crippen molar-refractivity contribution in [3.8, 4) is 0 Å². The van der Waals surface area contributed by atoms with Gasteiger partial charge in [0.1, 0.15) is 0 Å². The average molecular weight is 370 g/mol. The van der Waals surface area contributed by atoms with Gasteiger partial charge in [0.2, 0.25) is 5.96 Å². The zero-order valence-electron chi connectivity index (χ0n) is 17.0. The third kappa shape index (κ3) is 2.97. The lowest BCUT2D eigenvalue weighted by Gasteiger charge is -2.29. The predicted molar refractivity (Wildman–Crippen MR) is 123 cm³/mol. The maximum absolute atomic E-state index is 8.77. The molecule has 28 heavy (non-hydrogen) atoms. The Morgan fingerprint density at radius 1 is 0.929 bits per heavy atom. The Morgan fingerprint density at radius 3 is 2.39 bits per heavy atom. The second-order valence-corrected chi connectivity index (χ2v) is 7.62. The van der Waals surface area contributed by atoms with E-state index in [0.717, 1.165) is 17.8 Å². The van der Waals surface area contributed by atoms with Crippen LogP contribution in [0.4, 0.5) is 11.4 Å². The third-order valence-electron chi connectivity index (χ3n) is 5.98.